The quantitative estimate of drug-likeness (QED) is 0.816. The van der Waals surface area contributed by atoms with Crippen molar-refractivity contribution in [3.8, 4) is 11.5 Å². The van der Waals surface area contributed by atoms with E-state index in [-0.39, 0.29) is 5.91 Å². The van der Waals surface area contributed by atoms with Crippen molar-refractivity contribution in [1.29, 1.82) is 0 Å². The van der Waals surface area contributed by atoms with Gasteiger partial charge in [-0.25, -0.2) is 4.98 Å². The largest absolute Gasteiger partial charge is 0.493 e. The average Bonchev–Trinajstić information content (AvgIpc) is 2.72. The van der Waals surface area contributed by atoms with E-state index in [2.05, 4.69) is 20.2 Å². The van der Waals surface area contributed by atoms with E-state index in [1.54, 1.807) is 32.4 Å². The number of aryl methyl sites for hydroxylation is 1. The molecule has 0 spiro atoms. The molecule has 0 atom stereocenters. The number of methoxy groups -OCH3 is 2. The Hall–Kier alpha value is -3.03. The van der Waals surface area contributed by atoms with Crippen LogP contribution in [0.3, 0.4) is 0 Å². The summed E-state index contributed by atoms with van der Waals surface area (Å²) in [6.45, 7) is 7.41. The zero-order valence-corrected chi connectivity index (χ0v) is 16.9. The lowest BCUT2D eigenvalue weighted by Gasteiger charge is -2.35. The molecule has 1 aliphatic rings. The molecule has 8 heteroatoms. The Kier molecular flexibility index (Phi) is 6.18. The number of nitrogens with one attached hydrogen (secondary N) is 1. The maximum atomic E-state index is 12.9. The van der Waals surface area contributed by atoms with Gasteiger partial charge in [-0.15, -0.1) is 0 Å². The maximum absolute atomic E-state index is 12.9. The molecular weight excluding hydrogens is 358 g/mol. The van der Waals surface area contributed by atoms with Crippen LogP contribution in [-0.2, 0) is 0 Å². The van der Waals surface area contributed by atoms with Gasteiger partial charge in [0.2, 0.25) is 5.95 Å². The lowest BCUT2D eigenvalue weighted by atomic mass is 10.1. The van der Waals surface area contributed by atoms with E-state index in [0.29, 0.717) is 49.2 Å². The summed E-state index contributed by atoms with van der Waals surface area (Å²) >= 11 is 0. The molecular formula is C20H27N5O3. The number of benzene rings is 1. The molecule has 1 fully saturated rings. The number of anilines is 2. The third-order valence-corrected chi connectivity index (χ3v) is 4.68. The molecule has 3 rings (SSSR count). The fourth-order valence-electron chi connectivity index (χ4n) is 3.23. The first-order valence-corrected chi connectivity index (χ1v) is 9.41. The molecule has 1 aromatic carbocycles. The van der Waals surface area contributed by atoms with Crippen LogP contribution in [0.25, 0.3) is 0 Å². The highest BCUT2D eigenvalue weighted by Crippen LogP contribution is 2.28. The molecule has 8 nitrogen and oxygen atoms in total. The lowest BCUT2D eigenvalue weighted by Crippen LogP contribution is -2.49. The summed E-state index contributed by atoms with van der Waals surface area (Å²) in [7, 11) is 3.14. The predicted octanol–water partition coefficient (Wildman–Crippen LogP) is 2.20. The van der Waals surface area contributed by atoms with E-state index >= 15 is 0 Å². The third kappa shape index (κ3) is 4.27. The fourth-order valence-corrected chi connectivity index (χ4v) is 3.23. The minimum Gasteiger partial charge on any atom is -0.493 e. The molecule has 28 heavy (non-hydrogen) atoms. The molecule has 0 radical (unpaired) electrons. The van der Waals surface area contributed by atoms with E-state index in [9.17, 15) is 4.79 Å². The van der Waals surface area contributed by atoms with E-state index < -0.39 is 0 Å². The van der Waals surface area contributed by atoms with Crippen molar-refractivity contribution >= 4 is 17.7 Å². The van der Waals surface area contributed by atoms with Crippen molar-refractivity contribution < 1.29 is 14.3 Å². The molecule has 0 bridgehead atoms. The van der Waals surface area contributed by atoms with E-state index in [0.717, 1.165) is 18.1 Å². The lowest BCUT2D eigenvalue weighted by molar-refractivity contribution is 0.0745. The highest BCUT2D eigenvalue weighted by atomic mass is 16.5. The number of hydrogen-bond acceptors (Lipinski definition) is 7. The van der Waals surface area contributed by atoms with Gasteiger partial charge in [-0.3, -0.25) is 4.79 Å². The predicted molar refractivity (Wildman–Crippen MR) is 109 cm³/mol. The van der Waals surface area contributed by atoms with Crippen molar-refractivity contribution in [3.63, 3.8) is 0 Å². The first kappa shape index (κ1) is 19.7. The van der Waals surface area contributed by atoms with Crippen LogP contribution in [-0.4, -0.2) is 67.7 Å². The van der Waals surface area contributed by atoms with Gasteiger partial charge in [0, 0.05) is 50.0 Å². The minimum absolute atomic E-state index is 0.0147. The normalized spacial score (nSPS) is 14.0. The summed E-state index contributed by atoms with van der Waals surface area (Å²) in [5.74, 6) is 2.68. The Morgan fingerprint density at radius 1 is 1.07 bits per heavy atom. The first-order chi connectivity index (χ1) is 13.5. The molecule has 1 aliphatic heterocycles. The highest BCUT2D eigenvalue weighted by Gasteiger charge is 2.24. The number of piperazine rings is 1. The summed E-state index contributed by atoms with van der Waals surface area (Å²) in [4.78, 5) is 26.0. The van der Waals surface area contributed by atoms with Crippen molar-refractivity contribution in [2.45, 2.75) is 13.8 Å². The SMILES string of the molecule is CCNc1cc(C)nc(N2CCN(C(=O)c3ccc(OC)c(OC)c3)CC2)n1. The van der Waals surface area contributed by atoms with Crippen molar-refractivity contribution in [2.75, 3.05) is 57.2 Å². The second kappa shape index (κ2) is 8.77. The third-order valence-electron chi connectivity index (χ3n) is 4.68. The molecule has 1 saturated heterocycles. The van der Waals surface area contributed by atoms with Gasteiger partial charge in [-0.1, -0.05) is 0 Å². The second-order valence-electron chi connectivity index (χ2n) is 6.57. The van der Waals surface area contributed by atoms with E-state index in [4.69, 9.17) is 9.47 Å². The van der Waals surface area contributed by atoms with Crippen LogP contribution in [0, 0.1) is 6.92 Å². The van der Waals surface area contributed by atoms with Crippen LogP contribution in [0.15, 0.2) is 24.3 Å². The Morgan fingerprint density at radius 2 is 1.79 bits per heavy atom. The number of carbonyl (C=O) groups excluding carboxylic acids is 1. The number of hydrogen-bond donors (Lipinski definition) is 1. The smallest absolute Gasteiger partial charge is 0.254 e. The van der Waals surface area contributed by atoms with Crippen molar-refractivity contribution in [1.82, 2.24) is 14.9 Å². The van der Waals surface area contributed by atoms with Crippen LogP contribution < -0.4 is 19.7 Å². The molecule has 2 heterocycles. The van der Waals surface area contributed by atoms with Gasteiger partial charge in [-0.2, -0.15) is 4.98 Å². The van der Waals surface area contributed by atoms with Gasteiger partial charge in [0.15, 0.2) is 11.5 Å². The highest BCUT2D eigenvalue weighted by molar-refractivity contribution is 5.95. The molecule has 0 unspecified atom stereocenters. The molecule has 1 aromatic heterocycles. The number of rotatable bonds is 6. The zero-order chi connectivity index (χ0) is 20.1. The van der Waals surface area contributed by atoms with E-state index in [1.807, 2.05) is 24.8 Å². The summed E-state index contributed by atoms with van der Waals surface area (Å²) in [5.41, 5.74) is 1.51. The van der Waals surface area contributed by atoms with Gasteiger partial charge in [-0.05, 0) is 32.0 Å². The van der Waals surface area contributed by atoms with Gasteiger partial charge in [0.25, 0.3) is 5.91 Å². The standard InChI is InChI=1S/C20H27N5O3/c1-5-21-18-12-14(2)22-20(23-18)25-10-8-24(9-11-25)19(26)15-6-7-16(27-3)17(13-15)28-4/h6-7,12-13H,5,8-11H2,1-4H3,(H,21,22,23). The van der Waals surface area contributed by atoms with Gasteiger partial charge in [0.05, 0.1) is 14.2 Å². The van der Waals surface area contributed by atoms with Crippen molar-refractivity contribution in [2.24, 2.45) is 0 Å². The first-order valence-electron chi connectivity index (χ1n) is 9.41. The molecule has 1 N–H and O–H groups in total. The Balaban J connectivity index is 1.68. The molecule has 0 aliphatic carbocycles. The van der Waals surface area contributed by atoms with Crippen LogP contribution in [0.1, 0.15) is 23.0 Å². The summed E-state index contributed by atoms with van der Waals surface area (Å²) < 4.78 is 10.5. The Bertz CT molecular complexity index is 835. The maximum Gasteiger partial charge on any atom is 0.254 e. The van der Waals surface area contributed by atoms with Gasteiger partial charge >= 0.3 is 0 Å². The molecule has 150 valence electrons. The molecule has 0 saturated carbocycles. The number of aromatic nitrogens is 2. The number of amides is 1. The van der Waals surface area contributed by atoms with Crippen LogP contribution in [0.5, 0.6) is 11.5 Å². The Morgan fingerprint density at radius 3 is 2.43 bits per heavy atom. The average molecular weight is 385 g/mol. The van der Waals surface area contributed by atoms with Crippen molar-refractivity contribution in [3.05, 3.63) is 35.5 Å². The topological polar surface area (TPSA) is 79.8 Å². The monoisotopic (exact) mass is 385 g/mol. The Labute approximate surface area is 165 Å². The fraction of sp³-hybridized carbons (Fsp3) is 0.450. The minimum atomic E-state index is -0.0147. The number of ether oxygens (including phenoxy) is 2. The molecule has 1 amide bonds. The van der Waals surface area contributed by atoms with Gasteiger partial charge < -0.3 is 24.6 Å². The van der Waals surface area contributed by atoms with Gasteiger partial charge in [0.1, 0.15) is 5.82 Å². The van der Waals surface area contributed by atoms with Crippen LogP contribution in [0.2, 0.25) is 0 Å². The summed E-state index contributed by atoms with van der Waals surface area (Å²) in [5, 5.41) is 3.23. The van der Waals surface area contributed by atoms with E-state index in [1.165, 1.54) is 0 Å². The van der Waals surface area contributed by atoms with Crippen LogP contribution in [0.4, 0.5) is 11.8 Å². The zero-order valence-electron chi connectivity index (χ0n) is 16.9. The second-order valence-corrected chi connectivity index (χ2v) is 6.57. The summed E-state index contributed by atoms with van der Waals surface area (Å²) in [6, 6.07) is 7.18. The number of nitrogens with zero attached hydrogens (tertiary/aromatic N) is 4. The number of carbonyl (C=O) groups is 1. The summed E-state index contributed by atoms with van der Waals surface area (Å²) in [6.07, 6.45) is 0. The molecule has 2 aromatic rings. The van der Waals surface area contributed by atoms with Crippen LogP contribution >= 0.6 is 0 Å².